The van der Waals surface area contributed by atoms with Gasteiger partial charge in [0.15, 0.2) is 0 Å². The molecule has 0 unspecified atom stereocenters. The van der Waals surface area contributed by atoms with Gasteiger partial charge < -0.3 is 4.57 Å². The standard InChI is InChI=1S/C10H10F2INO/c11-10(12)3-7(4-10)5-14-6-8(13)1-2-9(14)15/h1-2,6-7H,3-5H2. The van der Waals surface area contributed by atoms with E-state index in [1.54, 1.807) is 12.3 Å². The average Bonchev–Trinajstić information content (AvgIpc) is 2.08. The van der Waals surface area contributed by atoms with Crippen molar-refractivity contribution in [1.82, 2.24) is 4.57 Å². The molecule has 0 radical (unpaired) electrons. The summed E-state index contributed by atoms with van der Waals surface area (Å²) in [4.78, 5) is 11.4. The minimum absolute atomic E-state index is 0.0594. The minimum atomic E-state index is -2.50. The first-order valence-electron chi connectivity index (χ1n) is 4.70. The van der Waals surface area contributed by atoms with Gasteiger partial charge in [-0.05, 0) is 34.6 Å². The molecule has 2 nitrogen and oxygen atoms in total. The van der Waals surface area contributed by atoms with Crippen LogP contribution in [0.25, 0.3) is 0 Å². The van der Waals surface area contributed by atoms with Crippen LogP contribution in [0.1, 0.15) is 12.8 Å². The highest BCUT2D eigenvalue weighted by Gasteiger charge is 2.45. The lowest BCUT2D eigenvalue weighted by Crippen LogP contribution is -2.39. The predicted molar refractivity (Wildman–Crippen MR) is 61.1 cm³/mol. The molecular formula is C10H10F2INO. The van der Waals surface area contributed by atoms with Crippen LogP contribution < -0.4 is 5.56 Å². The molecule has 15 heavy (non-hydrogen) atoms. The summed E-state index contributed by atoms with van der Waals surface area (Å²) < 4.78 is 27.6. The van der Waals surface area contributed by atoms with Gasteiger partial charge in [-0.3, -0.25) is 4.79 Å². The second kappa shape index (κ2) is 3.84. The molecule has 1 saturated carbocycles. The summed E-state index contributed by atoms with van der Waals surface area (Å²) in [5.74, 6) is -2.56. The highest BCUT2D eigenvalue weighted by Crippen LogP contribution is 2.42. The number of aromatic nitrogens is 1. The summed E-state index contributed by atoms with van der Waals surface area (Å²) in [6.45, 7) is 0.408. The molecule has 0 saturated heterocycles. The monoisotopic (exact) mass is 325 g/mol. The Labute approximate surface area is 99.4 Å². The summed E-state index contributed by atoms with van der Waals surface area (Å²) >= 11 is 2.10. The number of hydrogen-bond acceptors (Lipinski definition) is 1. The zero-order valence-corrected chi connectivity index (χ0v) is 10.1. The SMILES string of the molecule is O=c1ccc(I)cn1CC1CC(F)(F)C1. The number of nitrogens with zero attached hydrogens (tertiary/aromatic N) is 1. The lowest BCUT2D eigenvalue weighted by molar-refractivity contribution is -0.114. The molecule has 1 aromatic rings. The van der Waals surface area contributed by atoms with E-state index in [9.17, 15) is 13.6 Å². The van der Waals surface area contributed by atoms with Crippen LogP contribution in [0.2, 0.25) is 0 Å². The van der Waals surface area contributed by atoms with Crippen molar-refractivity contribution in [2.75, 3.05) is 0 Å². The van der Waals surface area contributed by atoms with Crippen molar-refractivity contribution in [1.29, 1.82) is 0 Å². The van der Waals surface area contributed by atoms with Crippen molar-refractivity contribution in [3.05, 3.63) is 32.3 Å². The number of pyridine rings is 1. The van der Waals surface area contributed by atoms with E-state index in [1.165, 1.54) is 10.6 Å². The van der Waals surface area contributed by atoms with E-state index < -0.39 is 5.92 Å². The molecule has 1 fully saturated rings. The van der Waals surface area contributed by atoms with Crippen LogP contribution in [0.3, 0.4) is 0 Å². The fourth-order valence-corrected chi connectivity index (χ4v) is 2.35. The fraction of sp³-hybridized carbons (Fsp3) is 0.500. The maximum absolute atomic E-state index is 12.6. The molecule has 0 N–H and O–H groups in total. The molecule has 0 amide bonds. The number of rotatable bonds is 2. The third-order valence-electron chi connectivity index (χ3n) is 2.58. The minimum Gasteiger partial charge on any atom is -0.314 e. The van der Waals surface area contributed by atoms with E-state index in [0.29, 0.717) is 6.54 Å². The first kappa shape index (κ1) is 11.0. The van der Waals surface area contributed by atoms with Gasteiger partial charge in [0.05, 0.1) is 0 Å². The second-order valence-electron chi connectivity index (χ2n) is 3.97. The third-order valence-corrected chi connectivity index (χ3v) is 3.22. The predicted octanol–water partition coefficient (Wildman–Crippen LogP) is 2.50. The van der Waals surface area contributed by atoms with Crippen molar-refractivity contribution in [2.45, 2.75) is 25.3 Å². The first-order chi connectivity index (χ1) is 6.96. The van der Waals surface area contributed by atoms with Crippen LogP contribution in [0.4, 0.5) is 8.78 Å². The average molecular weight is 325 g/mol. The Balaban J connectivity index is 2.06. The van der Waals surface area contributed by atoms with Crippen LogP contribution in [-0.2, 0) is 6.54 Å². The lowest BCUT2D eigenvalue weighted by Gasteiger charge is -2.35. The fourth-order valence-electron chi connectivity index (χ4n) is 1.84. The Morgan fingerprint density at radius 3 is 2.73 bits per heavy atom. The molecule has 1 aliphatic rings. The van der Waals surface area contributed by atoms with Crippen LogP contribution in [0.5, 0.6) is 0 Å². The van der Waals surface area contributed by atoms with Crippen LogP contribution in [0.15, 0.2) is 23.1 Å². The molecule has 82 valence electrons. The molecule has 5 heteroatoms. The molecule has 0 atom stereocenters. The molecule has 0 aliphatic heterocycles. The third kappa shape index (κ3) is 2.56. The summed E-state index contributed by atoms with van der Waals surface area (Å²) in [6, 6.07) is 3.19. The van der Waals surface area contributed by atoms with Gasteiger partial charge in [-0.15, -0.1) is 0 Å². The van der Waals surface area contributed by atoms with Gasteiger partial charge in [-0.2, -0.15) is 0 Å². The molecule has 0 aromatic carbocycles. The maximum atomic E-state index is 12.6. The van der Waals surface area contributed by atoms with Crippen LogP contribution in [0, 0.1) is 9.49 Å². The topological polar surface area (TPSA) is 22.0 Å². The Bertz CT molecular complexity index is 422. The number of alkyl halides is 2. The van der Waals surface area contributed by atoms with E-state index in [1.807, 2.05) is 0 Å². The van der Waals surface area contributed by atoms with Crippen LogP contribution in [-0.4, -0.2) is 10.5 Å². The van der Waals surface area contributed by atoms with Gasteiger partial charge >= 0.3 is 0 Å². The van der Waals surface area contributed by atoms with Crippen molar-refractivity contribution in [3.8, 4) is 0 Å². The van der Waals surface area contributed by atoms with Crippen molar-refractivity contribution >= 4 is 22.6 Å². The van der Waals surface area contributed by atoms with E-state index in [0.717, 1.165) is 3.57 Å². The lowest BCUT2D eigenvalue weighted by atomic mass is 9.81. The maximum Gasteiger partial charge on any atom is 0.250 e. The molecule has 1 aromatic heterocycles. The van der Waals surface area contributed by atoms with E-state index in [-0.39, 0.29) is 24.3 Å². The number of hydrogen-bond donors (Lipinski definition) is 0. The van der Waals surface area contributed by atoms with E-state index in [2.05, 4.69) is 22.6 Å². The second-order valence-corrected chi connectivity index (χ2v) is 5.21. The molecule has 1 aliphatic carbocycles. The van der Waals surface area contributed by atoms with E-state index in [4.69, 9.17) is 0 Å². The largest absolute Gasteiger partial charge is 0.314 e. The van der Waals surface area contributed by atoms with Gasteiger partial charge in [0.25, 0.3) is 5.56 Å². The van der Waals surface area contributed by atoms with Gasteiger partial charge in [0, 0.05) is 35.2 Å². The normalized spacial score (nSPS) is 19.9. The summed E-state index contributed by atoms with van der Waals surface area (Å²) in [5, 5.41) is 0. The van der Waals surface area contributed by atoms with E-state index >= 15 is 0 Å². The Morgan fingerprint density at radius 1 is 1.47 bits per heavy atom. The summed E-state index contributed by atoms with van der Waals surface area (Å²) in [5.41, 5.74) is -0.120. The Morgan fingerprint density at radius 2 is 2.13 bits per heavy atom. The van der Waals surface area contributed by atoms with Gasteiger partial charge in [-0.1, -0.05) is 0 Å². The summed E-state index contributed by atoms with van der Waals surface area (Å²) in [6.07, 6.45) is 1.52. The van der Waals surface area contributed by atoms with Gasteiger partial charge in [0.1, 0.15) is 0 Å². The molecule has 0 bridgehead atoms. The van der Waals surface area contributed by atoms with Gasteiger partial charge in [-0.25, -0.2) is 8.78 Å². The van der Waals surface area contributed by atoms with Crippen molar-refractivity contribution in [3.63, 3.8) is 0 Å². The Kier molecular flexibility index (Phi) is 2.83. The summed E-state index contributed by atoms with van der Waals surface area (Å²) in [7, 11) is 0. The smallest absolute Gasteiger partial charge is 0.250 e. The Hall–Kier alpha value is -0.460. The van der Waals surface area contributed by atoms with Gasteiger partial charge in [0.2, 0.25) is 5.92 Å². The van der Waals surface area contributed by atoms with Crippen LogP contribution >= 0.6 is 22.6 Å². The highest BCUT2D eigenvalue weighted by atomic mass is 127. The van der Waals surface area contributed by atoms with Crippen molar-refractivity contribution in [2.24, 2.45) is 5.92 Å². The molecule has 2 rings (SSSR count). The van der Waals surface area contributed by atoms with Crippen molar-refractivity contribution < 1.29 is 8.78 Å². The first-order valence-corrected chi connectivity index (χ1v) is 5.78. The number of halogens is 3. The zero-order chi connectivity index (χ0) is 11.1. The highest BCUT2D eigenvalue weighted by molar-refractivity contribution is 14.1. The molecular weight excluding hydrogens is 315 g/mol. The molecule has 1 heterocycles. The quantitative estimate of drug-likeness (QED) is 0.766. The zero-order valence-electron chi connectivity index (χ0n) is 7.92. The molecule has 0 spiro atoms.